The lowest BCUT2D eigenvalue weighted by Crippen LogP contribution is -2.48. The maximum absolute atomic E-state index is 13.2. The first-order chi connectivity index (χ1) is 13.4. The molecule has 0 saturated carbocycles. The smallest absolute Gasteiger partial charge is 0.254 e. The fourth-order valence-electron chi connectivity index (χ4n) is 3.69. The second kappa shape index (κ2) is 7.22. The number of piperazine rings is 1. The van der Waals surface area contributed by atoms with Crippen LogP contribution in [-0.2, 0) is 0 Å². The monoisotopic (exact) mass is 381 g/mol. The Balaban J connectivity index is 1.55. The van der Waals surface area contributed by atoms with Gasteiger partial charge in [-0.15, -0.1) is 0 Å². The van der Waals surface area contributed by atoms with Gasteiger partial charge in [-0.3, -0.25) is 4.79 Å². The van der Waals surface area contributed by atoms with Crippen LogP contribution in [0.15, 0.2) is 36.5 Å². The van der Waals surface area contributed by atoms with E-state index in [4.69, 9.17) is 0 Å². The average Bonchev–Trinajstić information content (AvgIpc) is 3.11. The lowest BCUT2D eigenvalue weighted by molar-refractivity contribution is 0.0748. The molecule has 0 aliphatic carbocycles. The van der Waals surface area contributed by atoms with Gasteiger partial charge in [0.25, 0.3) is 5.91 Å². The van der Waals surface area contributed by atoms with Crippen molar-refractivity contribution in [3.8, 4) is 0 Å². The van der Waals surface area contributed by atoms with E-state index in [9.17, 15) is 9.18 Å². The molecule has 3 heterocycles. The minimum atomic E-state index is -0.239. The van der Waals surface area contributed by atoms with Crippen LogP contribution in [0.1, 0.15) is 35.9 Å². The van der Waals surface area contributed by atoms with Gasteiger partial charge in [0.05, 0.1) is 17.1 Å². The van der Waals surface area contributed by atoms with Crippen LogP contribution in [0.3, 0.4) is 0 Å². The molecule has 1 aliphatic heterocycles. The molecule has 3 aromatic rings. The number of carbonyl (C=O) groups excluding carboxylic acids is 1. The van der Waals surface area contributed by atoms with Crippen molar-refractivity contribution in [2.24, 2.45) is 0 Å². The Hall–Kier alpha value is -2.96. The van der Waals surface area contributed by atoms with Crippen molar-refractivity contribution in [2.45, 2.75) is 26.8 Å². The van der Waals surface area contributed by atoms with Crippen LogP contribution >= 0.6 is 0 Å². The normalized spacial score (nSPS) is 14.9. The van der Waals surface area contributed by atoms with Crippen molar-refractivity contribution in [1.82, 2.24) is 19.7 Å². The second-order valence-electron chi connectivity index (χ2n) is 7.49. The van der Waals surface area contributed by atoms with E-state index in [-0.39, 0.29) is 17.8 Å². The van der Waals surface area contributed by atoms with E-state index in [1.54, 1.807) is 18.3 Å². The Morgan fingerprint density at radius 2 is 1.79 bits per heavy atom. The first-order valence-corrected chi connectivity index (χ1v) is 9.58. The van der Waals surface area contributed by atoms with E-state index in [0.717, 1.165) is 35.5 Å². The Bertz CT molecular complexity index is 1000. The Morgan fingerprint density at radius 3 is 2.43 bits per heavy atom. The fraction of sp³-hybridized carbons (Fsp3) is 0.381. The van der Waals surface area contributed by atoms with Crippen LogP contribution in [-0.4, -0.2) is 51.8 Å². The van der Waals surface area contributed by atoms with Crippen molar-refractivity contribution in [2.75, 3.05) is 31.1 Å². The van der Waals surface area contributed by atoms with Crippen LogP contribution in [0, 0.1) is 12.7 Å². The summed E-state index contributed by atoms with van der Waals surface area (Å²) < 4.78 is 15.0. The third kappa shape index (κ3) is 3.32. The van der Waals surface area contributed by atoms with E-state index in [2.05, 4.69) is 15.0 Å². The molecule has 1 saturated heterocycles. The molecule has 0 unspecified atom stereocenters. The highest BCUT2D eigenvalue weighted by atomic mass is 19.1. The summed E-state index contributed by atoms with van der Waals surface area (Å²) in [5.41, 5.74) is 3.20. The van der Waals surface area contributed by atoms with Crippen molar-refractivity contribution < 1.29 is 9.18 Å². The number of carbonyl (C=O) groups is 1. The summed E-state index contributed by atoms with van der Waals surface area (Å²) in [6, 6.07) is 8.52. The number of pyridine rings is 1. The molecule has 4 rings (SSSR count). The number of aromatic nitrogens is 3. The van der Waals surface area contributed by atoms with Crippen molar-refractivity contribution in [1.29, 1.82) is 0 Å². The maximum Gasteiger partial charge on any atom is 0.254 e. The minimum absolute atomic E-state index is 0.0116. The van der Waals surface area contributed by atoms with Gasteiger partial charge in [0.15, 0.2) is 5.65 Å². The summed E-state index contributed by atoms with van der Waals surface area (Å²) in [6.07, 6.45) is 1.74. The summed E-state index contributed by atoms with van der Waals surface area (Å²) in [5, 5.41) is 5.22. The third-order valence-electron chi connectivity index (χ3n) is 5.17. The zero-order valence-electron chi connectivity index (χ0n) is 16.4. The zero-order chi connectivity index (χ0) is 19.8. The maximum atomic E-state index is 13.2. The highest BCUT2D eigenvalue weighted by Gasteiger charge is 2.25. The quantitative estimate of drug-likeness (QED) is 0.698. The summed E-state index contributed by atoms with van der Waals surface area (Å²) in [4.78, 5) is 21.9. The summed E-state index contributed by atoms with van der Waals surface area (Å²) in [5.74, 6) is -0.228. The number of amides is 1. The number of benzene rings is 1. The fourth-order valence-corrected chi connectivity index (χ4v) is 3.69. The van der Waals surface area contributed by atoms with E-state index in [1.807, 2.05) is 36.4 Å². The molecular weight excluding hydrogens is 357 g/mol. The van der Waals surface area contributed by atoms with Crippen molar-refractivity contribution in [3.05, 3.63) is 53.6 Å². The molecule has 0 bridgehead atoms. The molecule has 6 nitrogen and oxygen atoms in total. The highest BCUT2D eigenvalue weighted by molar-refractivity contribution is 6.05. The third-order valence-corrected chi connectivity index (χ3v) is 5.17. The summed E-state index contributed by atoms with van der Waals surface area (Å²) in [6.45, 7) is 8.68. The molecule has 0 radical (unpaired) electrons. The van der Waals surface area contributed by atoms with Gasteiger partial charge in [-0.2, -0.15) is 5.10 Å². The summed E-state index contributed by atoms with van der Waals surface area (Å²) in [7, 11) is 0. The number of nitrogens with zero attached hydrogens (tertiary/aromatic N) is 5. The standard InChI is InChI=1S/C21H24FN5O/c1-14(2)27-20-19(13-23-27)18(12-15(3)24-20)21(28)26-10-8-25(9-11-26)17-6-4-16(22)5-7-17/h4-7,12-14H,8-11H2,1-3H3. The van der Waals surface area contributed by atoms with E-state index in [0.29, 0.717) is 18.7 Å². The number of rotatable bonds is 3. The SMILES string of the molecule is Cc1cc(C(=O)N2CCN(c3ccc(F)cc3)CC2)c2cnn(C(C)C)c2n1. The molecule has 0 atom stereocenters. The van der Waals surface area contributed by atoms with Gasteiger partial charge in [0, 0.05) is 43.6 Å². The molecule has 7 heteroatoms. The lowest BCUT2D eigenvalue weighted by atomic mass is 10.1. The van der Waals surface area contributed by atoms with Gasteiger partial charge in [-0.25, -0.2) is 14.1 Å². The van der Waals surface area contributed by atoms with E-state index < -0.39 is 0 Å². The molecule has 1 amide bonds. The van der Waals surface area contributed by atoms with E-state index >= 15 is 0 Å². The first kappa shape index (κ1) is 18.4. The van der Waals surface area contributed by atoms with Crippen LogP contribution in [0.25, 0.3) is 11.0 Å². The number of fused-ring (bicyclic) bond motifs is 1. The molecule has 0 N–H and O–H groups in total. The molecule has 28 heavy (non-hydrogen) atoms. The van der Waals surface area contributed by atoms with Gasteiger partial charge in [-0.05, 0) is 51.1 Å². The number of halogens is 1. The highest BCUT2D eigenvalue weighted by Crippen LogP contribution is 2.23. The van der Waals surface area contributed by atoms with Crippen LogP contribution in [0.5, 0.6) is 0 Å². The Morgan fingerprint density at radius 1 is 1.11 bits per heavy atom. The van der Waals surface area contributed by atoms with Crippen LogP contribution < -0.4 is 4.90 Å². The minimum Gasteiger partial charge on any atom is -0.368 e. The predicted octanol–water partition coefficient (Wildman–Crippen LogP) is 3.42. The van der Waals surface area contributed by atoms with E-state index in [1.165, 1.54) is 12.1 Å². The van der Waals surface area contributed by atoms with Crippen molar-refractivity contribution >= 4 is 22.6 Å². The molecular formula is C21H24FN5O. The topological polar surface area (TPSA) is 54.3 Å². The Labute approximate surface area is 163 Å². The van der Waals surface area contributed by atoms with Crippen LogP contribution in [0.2, 0.25) is 0 Å². The van der Waals surface area contributed by atoms with Gasteiger partial charge < -0.3 is 9.80 Å². The molecule has 1 fully saturated rings. The number of hydrogen-bond donors (Lipinski definition) is 0. The van der Waals surface area contributed by atoms with Gasteiger partial charge >= 0.3 is 0 Å². The number of anilines is 1. The zero-order valence-corrected chi connectivity index (χ0v) is 16.4. The van der Waals surface area contributed by atoms with Gasteiger partial charge in [0.2, 0.25) is 0 Å². The molecule has 2 aromatic heterocycles. The average molecular weight is 381 g/mol. The lowest BCUT2D eigenvalue weighted by Gasteiger charge is -2.36. The molecule has 1 aromatic carbocycles. The Kier molecular flexibility index (Phi) is 4.75. The predicted molar refractivity (Wildman–Crippen MR) is 107 cm³/mol. The number of aryl methyl sites for hydroxylation is 1. The summed E-state index contributed by atoms with van der Waals surface area (Å²) >= 11 is 0. The van der Waals surface area contributed by atoms with Crippen molar-refractivity contribution in [3.63, 3.8) is 0 Å². The van der Waals surface area contributed by atoms with Gasteiger partial charge in [-0.1, -0.05) is 0 Å². The largest absolute Gasteiger partial charge is 0.368 e. The van der Waals surface area contributed by atoms with Crippen LogP contribution in [0.4, 0.5) is 10.1 Å². The second-order valence-corrected chi connectivity index (χ2v) is 7.49. The first-order valence-electron chi connectivity index (χ1n) is 9.58. The molecule has 146 valence electrons. The van der Waals surface area contributed by atoms with Gasteiger partial charge in [0.1, 0.15) is 5.82 Å². The molecule has 1 aliphatic rings. The number of hydrogen-bond acceptors (Lipinski definition) is 4. The molecule has 0 spiro atoms.